The van der Waals surface area contributed by atoms with Gasteiger partial charge in [0.2, 0.25) is 0 Å². The van der Waals surface area contributed by atoms with Crippen LogP contribution in [0.3, 0.4) is 0 Å². The van der Waals surface area contributed by atoms with Crippen LogP contribution in [0, 0.1) is 0 Å². The Balaban J connectivity index is 0.00000109. The molecule has 1 amide bonds. The third-order valence-electron chi connectivity index (χ3n) is 4.11. The summed E-state index contributed by atoms with van der Waals surface area (Å²) in [5.41, 5.74) is -0.295. The van der Waals surface area contributed by atoms with Crippen molar-refractivity contribution in [2.24, 2.45) is 0 Å². The summed E-state index contributed by atoms with van der Waals surface area (Å²) >= 11 is 0. The van der Waals surface area contributed by atoms with Crippen LogP contribution in [0.25, 0.3) is 5.65 Å². The number of hydrogen-bond donors (Lipinski definition) is 2. The number of carbonyl (C=O) groups excluding carboxylic acids is 1. The molecule has 3 heterocycles. The average Bonchev–Trinajstić information content (AvgIpc) is 3.24. The molecule has 0 spiro atoms. The second-order valence-corrected chi connectivity index (χ2v) is 6.04. The van der Waals surface area contributed by atoms with Gasteiger partial charge in [0.15, 0.2) is 5.65 Å². The maximum absolute atomic E-state index is 13.4. The van der Waals surface area contributed by atoms with E-state index in [0.29, 0.717) is 12.0 Å². The molecule has 0 bridgehead atoms. The van der Waals surface area contributed by atoms with Crippen LogP contribution in [0.1, 0.15) is 28.4 Å². The molecule has 0 aliphatic carbocycles. The van der Waals surface area contributed by atoms with Crippen molar-refractivity contribution in [2.75, 3.05) is 12.4 Å². The lowest BCUT2D eigenvalue weighted by atomic mass is 10.0. The van der Waals surface area contributed by atoms with Gasteiger partial charge in [-0.05, 0) is 30.7 Å². The van der Waals surface area contributed by atoms with E-state index in [0.717, 1.165) is 13.2 Å². The lowest BCUT2D eigenvalue weighted by Crippen LogP contribution is -2.17. The van der Waals surface area contributed by atoms with E-state index in [1.165, 1.54) is 23.0 Å². The van der Waals surface area contributed by atoms with Gasteiger partial charge in [-0.25, -0.2) is 9.50 Å². The Bertz CT molecular complexity index is 1020. The molecule has 2 N–H and O–H groups in total. The fraction of sp³-hybridized carbons (Fsp3) is 0.278. The van der Waals surface area contributed by atoms with E-state index in [2.05, 4.69) is 15.4 Å². The van der Waals surface area contributed by atoms with E-state index >= 15 is 0 Å². The van der Waals surface area contributed by atoms with Crippen molar-refractivity contribution < 1.29 is 27.8 Å². The lowest BCUT2D eigenvalue weighted by molar-refractivity contribution is -0.137. The molecule has 2 aromatic heterocycles. The summed E-state index contributed by atoms with van der Waals surface area (Å²) in [6.07, 6.45) is -0.0253. The van der Waals surface area contributed by atoms with Crippen LogP contribution in [0.5, 0.6) is 5.75 Å². The fourth-order valence-electron chi connectivity index (χ4n) is 2.98. The van der Waals surface area contributed by atoms with E-state index in [9.17, 15) is 18.0 Å². The summed E-state index contributed by atoms with van der Waals surface area (Å²) in [4.78, 5) is 16.6. The average molecular weight is 394 g/mol. The summed E-state index contributed by atoms with van der Waals surface area (Å²) < 4.78 is 47.0. The normalized spacial score (nSPS) is 15.4. The highest BCUT2D eigenvalue weighted by Gasteiger charge is 2.37. The minimum absolute atomic E-state index is 0.0869. The Labute approximate surface area is 157 Å². The number of nitrogens with one attached hydrogen (secondary N) is 1. The summed E-state index contributed by atoms with van der Waals surface area (Å²) in [5, 5.41) is 13.3. The fourth-order valence-corrected chi connectivity index (χ4v) is 2.98. The molecule has 3 aromatic rings. The first-order valence-corrected chi connectivity index (χ1v) is 8.28. The maximum atomic E-state index is 13.4. The molecule has 1 aliphatic rings. The first-order valence-electron chi connectivity index (χ1n) is 8.28. The van der Waals surface area contributed by atoms with Gasteiger partial charge in [0, 0.05) is 25.9 Å². The summed E-state index contributed by atoms with van der Waals surface area (Å²) in [6, 6.07) is 3.88. The van der Waals surface area contributed by atoms with Crippen LogP contribution in [0.4, 0.5) is 18.9 Å². The lowest BCUT2D eigenvalue weighted by Gasteiger charge is -2.15. The van der Waals surface area contributed by atoms with Crippen molar-refractivity contribution in [3.63, 3.8) is 0 Å². The number of hydrogen-bond acceptors (Lipinski definition) is 5. The Morgan fingerprint density at radius 2 is 2.11 bits per heavy atom. The highest BCUT2D eigenvalue weighted by Crippen LogP contribution is 2.41. The standard InChI is InChI=1S/C17H13F3N4O2.CH4O/c1-9-5-10-6-13(12(17(18,19)20)7-14(10)26-9)23-16(25)11-8-22-24-4-2-3-21-15(11)24;1-2/h2-4,6-9H,5H2,1H3,(H,23,25);2H,1H3. The number of fused-ring (bicyclic) bond motifs is 2. The SMILES string of the molecule is CC1Cc2cc(NC(=O)c3cnn4cccnc34)c(C(F)(F)F)cc2O1.CO. The minimum atomic E-state index is -4.63. The van der Waals surface area contributed by atoms with E-state index in [1.807, 2.05) is 0 Å². The first-order chi connectivity index (χ1) is 13.3. The number of amides is 1. The zero-order chi connectivity index (χ0) is 20.5. The van der Waals surface area contributed by atoms with Crippen LogP contribution in [0.2, 0.25) is 0 Å². The molecular weight excluding hydrogens is 377 g/mol. The number of nitrogens with zero attached hydrogens (tertiary/aromatic N) is 3. The quantitative estimate of drug-likeness (QED) is 0.698. The molecular formula is C18H17F3N4O3. The van der Waals surface area contributed by atoms with Crippen LogP contribution in [0.15, 0.2) is 36.8 Å². The third-order valence-corrected chi connectivity index (χ3v) is 4.11. The zero-order valence-corrected chi connectivity index (χ0v) is 15.0. The monoisotopic (exact) mass is 394 g/mol. The number of aromatic nitrogens is 3. The molecule has 1 aliphatic heterocycles. The first kappa shape index (κ1) is 19.6. The van der Waals surface area contributed by atoms with Gasteiger partial charge < -0.3 is 15.2 Å². The van der Waals surface area contributed by atoms with Gasteiger partial charge in [-0.15, -0.1) is 0 Å². The smallest absolute Gasteiger partial charge is 0.418 e. The van der Waals surface area contributed by atoms with Crippen molar-refractivity contribution >= 4 is 17.2 Å². The topological polar surface area (TPSA) is 88.8 Å². The van der Waals surface area contributed by atoms with Crippen LogP contribution in [-0.2, 0) is 12.6 Å². The number of aliphatic hydroxyl groups excluding tert-OH is 1. The molecule has 1 unspecified atom stereocenters. The van der Waals surface area contributed by atoms with Crippen LogP contribution < -0.4 is 10.1 Å². The predicted octanol–water partition coefficient (Wildman–Crippen LogP) is 2.93. The molecule has 0 saturated heterocycles. The number of anilines is 1. The van der Waals surface area contributed by atoms with Crippen LogP contribution >= 0.6 is 0 Å². The summed E-state index contributed by atoms with van der Waals surface area (Å²) in [6.45, 7) is 1.77. The number of halogens is 3. The molecule has 0 fully saturated rings. The molecule has 148 valence electrons. The number of benzene rings is 1. The Morgan fingerprint density at radius 3 is 2.82 bits per heavy atom. The second-order valence-electron chi connectivity index (χ2n) is 6.04. The molecule has 0 radical (unpaired) electrons. The molecule has 4 rings (SSSR count). The number of carbonyl (C=O) groups is 1. The van der Waals surface area contributed by atoms with Crippen molar-refractivity contribution in [1.29, 1.82) is 0 Å². The van der Waals surface area contributed by atoms with E-state index < -0.39 is 17.6 Å². The van der Waals surface area contributed by atoms with Gasteiger partial charge in [-0.2, -0.15) is 18.3 Å². The number of alkyl halides is 3. The molecule has 28 heavy (non-hydrogen) atoms. The minimum Gasteiger partial charge on any atom is -0.490 e. The van der Waals surface area contributed by atoms with Gasteiger partial charge >= 0.3 is 6.18 Å². The van der Waals surface area contributed by atoms with Crippen molar-refractivity contribution in [2.45, 2.75) is 25.6 Å². The highest BCUT2D eigenvalue weighted by molar-refractivity contribution is 6.08. The Kier molecular flexibility index (Phi) is 5.23. The van der Waals surface area contributed by atoms with E-state index in [4.69, 9.17) is 9.84 Å². The number of ether oxygens (including phenoxy) is 1. The van der Waals surface area contributed by atoms with Crippen molar-refractivity contribution in [3.8, 4) is 5.75 Å². The number of aliphatic hydroxyl groups is 1. The molecule has 0 saturated carbocycles. The largest absolute Gasteiger partial charge is 0.490 e. The van der Waals surface area contributed by atoms with Gasteiger partial charge in [-0.3, -0.25) is 4.79 Å². The van der Waals surface area contributed by atoms with E-state index in [1.54, 1.807) is 19.2 Å². The zero-order valence-electron chi connectivity index (χ0n) is 15.0. The van der Waals surface area contributed by atoms with Crippen LogP contribution in [-0.4, -0.2) is 38.8 Å². The van der Waals surface area contributed by atoms with E-state index in [-0.39, 0.29) is 28.8 Å². The van der Waals surface area contributed by atoms with Gasteiger partial charge in [0.25, 0.3) is 5.91 Å². The summed E-state index contributed by atoms with van der Waals surface area (Å²) in [5.74, 6) is -0.517. The Hall–Kier alpha value is -3.14. The number of rotatable bonds is 2. The molecule has 10 heteroatoms. The molecule has 1 atom stereocenters. The summed E-state index contributed by atoms with van der Waals surface area (Å²) in [7, 11) is 1.00. The predicted molar refractivity (Wildman–Crippen MR) is 94.3 cm³/mol. The van der Waals surface area contributed by atoms with Gasteiger partial charge in [-0.1, -0.05) is 0 Å². The van der Waals surface area contributed by atoms with Gasteiger partial charge in [0.1, 0.15) is 17.4 Å². The van der Waals surface area contributed by atoms with Crippen molar-refractivity contribution in [3.05, 3.63) is 53.5 Å². The maximum Gasteiger partial charge on any atom is 0.418 e. The van der Waals surface area contributed by atoms with Gasteiger partial charge in [0.05, 0.1) is 17.4 Å². The third kappa shape index (κ3) is 3.63. The highest BCUT2D eigenvalue weighted by atomic mass is 19.4. The Morgan fingerprint density at radius 1 is 1.36 bits per heavy atom. The molecule has 1 aromatic carbocycles. The van der Waals surface area contributed by atoms with Crippen molar-refractivity contribution in [1.82, 2.24) is 14.6 Å². The molecule has 7 nitrogen and oxygen atoms in total. The second kappa shape index (κ2) is 7.47.